The highest BCUT2D eigenvalue weighted by Crippen LogP contribution is 2.29. The number of nitrogens with two attached hydrogens (primary N) is 1. The number of anilines is 1. The van der Waals surface area contributed by atoms with E-state index in [0.29, 0.717) is 22.4 Å². The molecule has 0 aliphatic rings. The van der Waals surface area contributed by atoms with Gasteiger partial charge in [-0.1, -0.05) is 12.1 Å². The van der Waals surface area contributed by atoms with Crippen LogP contribution in [-0.2, 0) is 11.2 Å². The zero-order valence-electron chi connectivity index (χ0n) is 15.9. The quantitative estimate of drug-likeness (QED) is 0.518. The van der Waals surface area contributed by atoms with Crippen LogP contribution in [0.15, 0.2) is 56.3 Å². The van der Waals surface area contributed by atoms with Gasteiger partial charge in [-0.25, -0.2) is 4.79 Å². The third-order valence-electron chi connectivity index (χ3n) is 4.98. The number of fused-ring (bicyclic) bond motifs is 2. The fourth-order valence-electron chi connectivity index (χ4n) is 3.40. The summed E-state index contributed by atoms with van der Waals surface area (Å²) in [6.45, 7) is 3.71. The predicted octanol–water partition coefficient (Wildman–Crippen LogP) is 3.44. The summed E-state index contributed by atoms with van der Waals surface area (Å²) in [5, 5.41) is 4.30. The number of furan rings is 1. The Morgan fingerprint density at radius 1 is 1.07 bits per heavy atom. The highest BCUT2D eigenvalue weighted by molar-refractivity contribution is 6.03. The minimum absolute atomic E-state index is 0.195. The molecule has 2 aromatic carbocycles. The normalized spacial score (nSPS) is 11.1. The number of para-hydroxylation sites is 1. The first kappa shape index (κ1) is 18.5. The van der Waals surface area contributed by atoms with Crippen molar-refractivity contribution in [3.8, 4) is 0 Å². The van der Waals surface area contributed by atoms with E-state index in [-0.39, 0.29) is 17.5 Å². The molecule has 3 N–H and O–H groups in total. The minimum atomic E-state index is -0.651. The fourth-order valence-corrected chi connectivity index (χ4v) is 3.40. The fraction of sp³-hybridized carbons (Fsp3) is 0.136. The Morgan fingerprint density at radius 2 is 1.83 bits per heavy atom. The van der Waals surface area contributed by atoms with Gasteiger partial charge in [-0.05, 0) is 43.2 Å². The van der Waals surface area contributed by atoms with E-state index in [2.05, 4.69) is 5.32 Å². The average molecular weight is 390 g/mol. The Balaban J connectivity index is 1.71. The molecule has 0 saturated carbocycles. The average Bonchev–Trinajstić information content (AvgIpc) is 3.04. The molecule has 0 bridgehead atoms. The standard InChI is InChI=1S/C22H18N2O5/c1-11-10-28-18-9-19-15(7-14(11)18)12(2)16(22(27)29-19)8-20(25)24-17-6-4-3-5-13(17)21(23)26/h3-7,9-10H,8H2,1-2H3,(H2,23,26)(H,24,25). The van der Waals surface area contributed by atoms with E-state index in [1.165, 1.54) is 6.07 Å². The molecule has 0 aliphatic heterocycles. The molecule has 146 valence electrons. The van der Waals surface area contributed by atoms with Crippen molar-refractivity contribution in [1.29, 1.82) is 0 Å². The minimum Gasteiger partial charge on any atom is -0.464 e. The highest BCUT2D eigenvalue weighted by Gasteiger charge is 2.18. The molecule has 0 radical (unpaired) electrons. The first-order chi connectivity index (χ1) is 13.8. The summed E-state index contributed by atoms with van der Waals surface area (Å²) in [5.41, 5.74) is 8.16. The van der Waals surface area contributed by atoms with Crippen molar-refractivity contribution in [2.75, 3.05) is 5.32 Å². The van der Waals surface area contributed by atoms with Crippen LogP contribution in [0.4, 0.5) is 5.69 Å². The van der Waals surface area contributed by atoms with Crippen LogP contribution in [0.3, 0.4) is 0 Å². The monoisotopic (exact) mass is 390 g/mol. The van der Waals surface area contributed by atoms with Crippen molar-refractivity contribution >= 4 is 39.4 Å². The van der Waals surface area contributed by atoms with E-state index in [1.807, 2.05) is 13.0 Å². The largest absolute Gasteiger partial charge is 0.464 e. The summed E-state index contributed by atoms with van der Waals surface area (Å²) < 4.78 is 10.9. The van der Waals surface area contributed by atoms with E-state index in [0.717, 1.165) is 16.3 Å². The zero-order valence-corrected chi connectivity index (χ0v) is 15.9. The second kappa shape index (κ2) is 6.94. The van der Waals surface area contributed by atoms with Crippen LogP contribution in [0, 0.1) is 13.8 Å². The Bertz CT molecular complexity index is 1350. The maximum atomic E-state index is 12.6. The predicted molar refractivity (Wildman–Crippen MR) is 109 cm³/mol. The van der Waals surface area contributed by atoms with E-state index in [4.69, 9.17) is 14.6 Å². The SMILES string of the molecule is Cc1coc2cc3oc(=O)c(CC(=O)Nc4ccccc4C(N)=O)c(C)c3cc12. The van der Waals surface area contributed by atoms with Crippen molar-refractivity contribution < 1.29 is 18.4 Å². The number of benzene rings is 2. The van der Waals surface area contributed by atoms with E-state index in [1.54, 1.807) is 37.5 Å². The zero-order chi connectivity index (χ0) is 20.7. The lowest BCUT2D eigenvalue weighted by atomic mass is 10.0. The molecule has 29 heavy (non-hydrogen) atoms. The molecule has 2 amide bonds. The van der Waals surface area contributed by atoms with Gasteiger partial charge in [0.2, 0.25) is 5.91 Å². The lowest BCUT2D eigenvalue weighted by molar-refractivity contribution is -0.115. The molecule has 0 spiro atoms. The maximum Gasteiger partial charge on any atom is 0.340 e. The summed E-state index contributed by atoms with van der Waals surface area (Å²) in [4.78, 5) is 36.6. The number of rotatable bonds is 4. The van der Waals surface area contributed by atoms with Gasteiger partial charge < -0.3 is 19.9 Å². The molecule has 0 fully saturated rings. The van der Waals surface area contributed by atoms with Crippen molar-refractivity contribution in [3.05, 3.63) is 75.3 Å². The van der Waals surface area contributed by atoms with Crippen molar-refractivity contribution in [1.82, 2.24) is 0 Å². The summed E-state index contributed by atoms with van der Waals surface area (Å²) in [6.07, 6.45) is 1.45. The molecule has 4 aromatic rings. The first-order valence-corrected chi connectivity index (χ1v) is 8.98. The second-order valence-electron chi connectivity index (χ2n) is 6.89. The van der Waals surface area contributed by atoms with Crippen LogP contribution in [0.5, 0.6) is 0 Å². The van der Waals surface area contributed by atoms with Gasteiger partial charge >= 0.3 is 5.63 Å². The van der Waals surface area contributed by atoms with Gasteiger partial charge in [-0.2, -0.15) is 0 Å². The number of hydrogen-bond donors (Lipinski definition) is 2. The van der Waals surface area contributed by atoms with Gasteiger partial charge in [-0.15, -0.1) is 0 Å². The van der Waals surface area contributed by atoms with Crippen molar-refractivity contribution in [2.24, 2.45) is 5.73 Å². The number of hydrogen-bond acceptors (Lipinski definition) is 5. The number of nitrogens with one attached hydrogen (secondary N) is 1. The molecule has 0 atom stereocenters. The Kier molecular flexibility index (Phi) is 4.43. The van der Waals surface area contributed by atoms with Crippen molar-refractivity contribution in [2.45, 2.75) is 20.3 Å². The van der Waals surface area contributed by atoms with Crippen LogP contribution in [0.25, 0.3) is 21.9 Å². The van der Waals surface area contributed by atoms with Gasteiger partial charge in [0.05, 0.1) is 29.5 Å². The number of primary amides is 1. The molecular formula is C22H18N2O5. The highest BCUT2D eigenvalue weighted by atomic mass is 16.4. The van der Waals surface area contributed by atoms with Gasteiger partial charge in [0.1, 0.15) is 11.2 Å². The number of amides is 2. The Morgan fingerprint density at radius 3 is 2.59 bits per heavy atom. The van der Waals surface area contributed by atoms with Gasteiger partial charge in [0.25, 0.3) is 5.91 Å². The van der Waals surface area contributed by atoms with Crippen LogP contribution in [-0.4, -0.2) is 11.8 Å². The van der Waals surface area contributed by atoms with Crippen LogP contribution >= 0.6 is 0 Å². The molecule has 2 heterocycles. The van der Waals surface area contributed by atoms with Crippen LogP contribution in [0.1, 0.15) is 27.0 Å². The van der Waals surface area contributed by atoms with Crippen LogP contribution < -0.4 is 16.7 Å². The summed E-state index contributed by atoms with van der Waals surface area (Å²) in [7, 11) is 0. The summed E-state index contributed by atoms with van der Waals surface area (Å²) in [5.74, 6) is -1.10. The number of carbonyl (C=O) groups is 2. The van der Waals surface area contributed by atoms with Gasteiger partial charge in [-0.3, -0.25) is 9.59 Å². The molecule has 2 aromatic heterocycles. The molecule has 0 saturated heterocycles. The lowest BCUT2D eigenvalue weighted by Gasteiger charge is -2.10. The topological polar surface area (TPSA) is 116 Å². The smallest absolute Gasteiger partial charge is 0.340 e. The van der Waals surface area contributed by atoms with E-state index in [9.17, 15) is 14.4 Å². The third kappa shape index (κ3) is 3.27. The summed E-state index contributed by atoms with van der Waals surface area (Å²) in [6, 6.07) is 10.00. The number of carbonyl (C=O) groups excluding carboxylic acids is 2. The van der Waals surface area contributed by atoms with Gasteiger partial charge in [0.15, 0.2) is 0 Å². The third-order valence-corrected chi connectivity index (χ3v) is 4.98. The molecule has 0 aliphatic carbocycles. The lowest BCUT2D eigenvalue weighted by Crippen LogP contribution is -2.22. The molecular weight excluding hydrogens is 372 g/mol. The molecule has 7 heteroatoms. The first-order valence-electron chi connectivity index (χ1n) is 8.98. The molecule has 0 unspecified atom stereocenters. The molecule has 4 rings (SSSR count). The van der Waals surface area contributed by atoms with Crippen molar-refractivity contribution in [3.63, 3.8) is 0 Å². The Labute approximate surface area is 165 Å². The Hall–Kier alpha value is -3.87. The van der Waals surface area contributed by atoms with Crippen LogP contribution in [0.2, 0.25) is 0 Å². The summed E-state index contributed by atoms with van der Waals surface area (Å²) >= 11 is 0. The maximum absolute atomic E-state index is 12.6. The number of aryl methyl sites for hydroxylation is 2. The van der Waals surface area contributed by atoms with Gasteiger partial charge in [0, 0.05) is 16.8 Å². The van der Waals surface area contributed by atoms with E-state index < -0.39 is 17.4 Å². The molecule has 7 nitrogen and oxygen atoms in total. The van der Waals surface area contributed by atoms with E-state index >= 15 is 0 Å². The second-order valence-corrected chi connectivity index (χ2v) is 6.89.